The Morgan fingerprint density at radius 3 is 2.30 bits per heavy atom. The van der Waals surface area contributed by atoms with Gasteiger partial charge >= 0.3 is 0 Å². The van der Waals surface area contributed by atoms with Crippen LogP contribution in [0.2, 0.25) is 0 Å². The molecule has 0 radical (unpaired) electrons. The van der Waals surface area contributed by atoms with Gasteiger partial charge in [0.2, 0.25) is 5.91 Å². The summed E-state index contributed by atoms with van der Waals surface area (Å²) < 4.78 is 0. The van der Waals surface area contributed by atoms with Crippen molar-refractivity contribution in [2.45, 2.75) is 58.9 Å². The van der Waals surface area contributed by atoms with Crippen LogP contribution in [0.5, 0.6) is 0 Å². The Morgan fingerprint density at radius 2 is 1.80 bits per heavy atom. The smallest absolute Gasteiger partial charge is 0.239 e. The molecular weight excluding hydrogens is 252 g/mol. The molecule has 0 aromatic carbocycles. The highest BCUT2D eigenvalue weighted by Gasteiger charge is 2.28. The van der Waals surface area contributed by atoms with E-state index in [4.69, 9.17) is 0 Å². The molecule has 5 nitrogen and oxygen atoms in total. The van der Waals surface area contributed by atoms with Crippen molar-refractivity contribution in [3.05, 3.63) is 0 Å². The number of rotatable bonds is 4. The maximum atomic E-state index is 11.7. The minimum absolute atomic E-state index is 0.0208. The van der Waals surface area contributed by atoms with Crippen molar-refractivity contribution in [2.75, 3.05) is 20.1 Å². The monoisotopic (exact) mass is 282 g/mol. The van der Waals surface area contributed by atoms with Gasteiger partial charge < -0.3 is 16.0 Å². The number of aliphatic imine (C=N–C) groups is 1. The van der Waals surface area contributed by atoms with Crippen molar-refractivity contribution in [3.8, 4) is 0 Å². The summed E-state index contributed by atoms with van der Waals surface area (Å²) in [6.45, 7) is 9.38. The van der Waals surface area contributed by atoms with Crippen LogP contribution in [0.3, 0.4) is 0 Å². The van der Waals surface area contributed by atoms with E-state index in [9.17, 15) is 4.79 Å². The summed E-state index contributed by atoms with van der Waals surface area (Å²) in [7, 11) is 1.73. The zero-order chi connectivity index (χ0) is 15.2. The molecule has 0 aliphatic heterocycles. The van der Waals surface area contributed by atoms with E-state index in [0.29, 0.717) is 11.4 Å². The molecule has 5 heteroatoms. The largest absolute Gasteiger partial charge is 0.356 e. The average molecular weight is 282 g/mol. The summed E-state index contributed by atoms with van der Waals surface area (Å²) in [6.07, 6.45) is 5.17. The molecule has 0 spiro atoms. The van der Waals surface area contributed by atoms with Gasteiger partial charge in [-0.3, -0.25) is 9.79 Å². The van der Waals surface area contributed by atoms with Gasteiger partial charge in [0, 0.05) is 19.1 Å². The Labute approximate surface area is 123 Å². The molecule has 1 amide bonds. The molecule has 0 aromatic rings. The van der Waals surface area contributed by atoms with E-state index in [1.807, 2.05) is 20.8 Å². The van der Waals surface area contributed by atoms with Crippen molar-refractivity contribution in [1.82, 2.24) is 16.0 Å². The first kappa shape index (κ1) is 16.8. The number of carbonyl (C=O) groups is 1. The predicted octanol–water partition coefficient (Wildman–Crippen LogP) is 1.65. The molecule has 116 valence electrons. The second-order valence-corrected chi connectivity index (χ2v) is 7.10. The van der Waals surface area contributed by atoms with Gasteiger partial charge in [0.25, 0.3) is 0 Å². The number of hydrogen-bond acceptors (Lipinski definition) is 2. The van der Waals surface area contributed by atoms with E-state index in [1.54, 1.807) is 7.05 Å². The highest BCUT2D eigenvalue weighted by molar-refractivity contribution is 5.86. The maximum absolute atomic E-state index is 11.7. The van der Waals surface area contributed by atoms with E-state index in [2.05, 4.69) is 27.9 Å². The summed E-state index contributed by atoms with van der Waals surface area (Å²) in [5.74, 6) is 0.676. The lowest BCUT2D eigenvalue weighted by molar-refractivity contribution is -0.121. The number of guanidine groups is 1. The molecule has 0 bridgehead atoms. The standard InChI is InChI=1S/C15H30N4O/c1-14(2,3)19-12(20)10-17-13(16-5)18-11-15(4)8-6-7-9-15/h6-11H2,1-5H3,(H,19,20)(H2,16,17,18). The Morgan fingerprint density at radius 1 is 1.20 bits per heavy atom. The van der Waals surface area contributed by atoms with Crippen molar-refractivity contribution in [1.29, 1.82) is 0 Å². The van der Waals surface area contributed by atoms with E-state index in [0.717, 1.165) is 6.54 Å². The zero-order valence-electron chi connectivity index (χ0n) is 13.6. The first-order valence-corrected chi connectivity index (χ1v) is 7.50. The fourth-order valence-electron chi connectivity index (χ4n) is 2.55. The lowest BCUT2D eigenvalue weighted by Gasteiger charge is -2.25. The molecule has 1 aliphatic rings. The Hall–Kier alpha value is -1.26. The molecule has 0 saturated heterocycles. The van der Waals surface area contributed by atoms with Gasteiger partial charge in [0.05, 0.1) is 6.54 Å². The van der Waals surface area contributed by atoms with Crippen LogP contribution in [0, 0.1) is 5.41 Å². The molecule has 1 aliphatic carbocycles. The molecule has 0 heterocycles. The second kappa shape index (κ2) is 6.95. The minimum Gasteiger partial charge on any atom is -0.356 e. The van der Waals surface area contributed by atoms with Gasteiger partial charge in [0.15, 0.2) is 5.96 Å². The van der Waals surface area contributed by atoms with Crippen LogP contribution in [0.4, 0.5) is 0 Å². The second-order valence-electron chi connectivity index (χ2n) is 7.10. The van der Waals surface area contributed by atoms with Crippen LogP contribution in [0.1, 0.15) is 53.4 Å². The van der Waals surface area contributed by atoms with Crippen LogP contribution < -0.4 is 16.0 Å². The first-order valence-electron chi connectivity index (χ1n) is 7.50. The molecule has 0 unspecified atom stereocenters. The van der Waals surface area contributed by atoms with Gasteiger partial charge in [-0.1, -0.05) is 19.8 Å². The van der Waals surface area contributed by atoms with Crippen molar-refractivity contribution < 1.29 is 4.79 Å². The van der Waals surface area contributed by atoms with E-state index >= 15 is 0 Å². The summed E-state index contributed by atoms with van der Waals surface area (Å²) >= 11 is 0. The average Bonchev–Trinajstić information content (AvgIpc) is 2.74. The van der Waals surface area contributed by atoms with Gasteiger partial charge in [-0.05, 0) is 39.0 Å². The summed E-state index contributed by atoms with van der Waals surface area (Å²) in [5, 5.41) is 9.31. The zero-order valence-corrected chi connectivity index (χ0v) is 13.6. The number of nitrogens with zero attached hydrogens (tertiary/aromatic N) is 1. The fraction of sp³-hybridized carbons (Fsp3) is 0.867. The van der Waals surface area contributed by atoms with E-state index in [-0.39, 0.29) is 18.0 Å². The lowest BCUT2D eigenvalue weighted by Crippen LogP contribution is -2.49. The number of hydrogen-bond donors (Lipinski definition) is 3. The molecule has 1 rings (SSSR count). The molecule has 1 fully saturated rings. The summed E-state index contributed by atoms with van der Waals surface area (Å²) in [6, 6.07) is 0. The van der Waals surface area contributed by atoms with Crippen LogP contribution in [0.15, 0.2) is 4.99 Å². The van der Waals surface area contributed by atoms with Gasteiger partial charge in [-0.25, -0.2) is 0 Å². The predicted molar refractivity (Wildman–Crippen MR) is 83.8 cm³/mol. The topological polar surface area (TPSA) is 65.5 Å². The van der Waals surface area contributed by atoms with Crippen LogP contribution in [0.25, 0.3) is 0 Å². The van der Waals surface area contributed by atoms with Crippen molar-refractivity contribution >= 4 is 11.9 Å². The highest BCUT2D eigenvalue weighted by Crippen LogP contribution is 2.36. The Balaban J connectivity index is 2.31. The van der Waals surface area contributed by atoms with E-state index < -0.39 is 0 Å². The molecular formula is C15H30N4O. The van der Waals surface area contributed by atoms with Crippen LogP contribution in [-0.2, 0) is 4.79 Å². The van der Waals surface area contributed by atoms with Gasteiger partial charge in [0.1, 0.15) is 0 Å². The third-order valence-electron chi connectivity index (χ3n) is 3.65. The molecule has 3 N–H and O–H groups in total. The van der Waals surface area contributed by atoms with Crippen LogP contribution in [-0.4, -0.2) is 37.5 Å². The van der Waals surface area contributed by atoms with Crippen molar-refractivity contribution in [3.63, 3.8) is 0 Å². The summed E-state index contributed by atoms with van der Waals surface area (Å²) in [4.78, 5) is 15.9. The molecule has 0 aromatic heterocycles. The highest BCUT2D eigenvalue weighted by atomic mass is 16.2. The third kappa shape index (κ3) is 6.26. The third-order valence-corrected chi connectivity index (χ3v) is 3.65. The number of amides is 1. The SMILES string of the molecule is CN=C(NCC(=O)NC(C)(C)C)NCC1(C)CCCC1. The number of carbonyl (C=O) groups excluding carboxylic acids is 1. The Bertz CT molecular complexity index is 351. The Kier molecular flexibility index (Phi) is 5.84. The first-order chi connectivity index (χ1) is 9.24. The maximum Gasteiger partial charge on any atom is 0.239 e. The van der Waals surface area contributed by atoms with E-state index in [1.165, 1.54) is 25.7 Å². The summed E-state index contributed by atoms with van der Waals surface area (Å²) in [5.41, 5.74) is 0.165. The van der Waals surface area contributed by atoms with Gasteiger partial charge in [-0.2, -0.15) is 0 Å². The van der Waals surface area contributed by atoms with Crippen LogP contribution >= 0.6 is 0 Å². The quantitative estimate of drug-likeness (QED) is 0.542. The molecule has 20 heavy (non-hydrogen) atoms. The molecule has 1 saturated carbocycles. The minimum atomic E-state index is -0.201. The normalized spacial score (nSPS) is 18.8. The number of nitrogens with one attached hydrogen (secondary N) is 3. The van der Waals surface area contributed by atoms with Gasteiger partial charge in [-0.15, -0.1) is 0 Å². The fourth-order valence-corrected chi connectivity index (χ4v) is 2.55. The van der Waals surface area contributed by atoms with Crippen molar-refractivity contribution in [2.24, 2.45) is 10.4 Å². The molecule has 0 atom stereocenters. The lowest BCUT2D eigenvalue weighted by atomic mass is 9.89.